The molecule has 0 radical (unpaired) electrons. The van der Waals surface area contributed by atoms with Gasteiger partial charge in [-0.1, -0.05) is 6.92 Å². The third-order valence-corrected chi connectivity index (χ3v) is 3.58. The SMILES string of the molecule is Cc1nc(C)c(-c2nnnn2CC(C)C(=O)O)s1. The first-order valence-corrected chi connectivity index (χ1v) is 6.24. The van der Waals surface area contributed by atoms with Crippen LogP contribution in [0.15, 0.2) is 0 Å². The second-order valence-corrected chi connectivity index (χ2v) is 5.27. The van der Waals surface area contributed by atoms with Gasteiger partial charge < -0.3 is 5.11 Å². The molecule has 0 fully saturated rings. The van der Waals surface area contributed by atoms with Gasteiger partial charge in [-0.05, 0) is 24.3 Å². The number of aromatic nitrogens is 5. The van der Waals surface area contributed by atoms with Crippen molar-refractivity contribution in [2.45, 2.75) is 27.3 Å². The number of carboxylic acids is 1. The third-order valence-electron chi connectivity index (χ3n) is 2.51. The van der Waals surface area contributed by atoms with Crippen molar-refractivity contribution in [3.63, 3.8) is 0 Å². The van der Waals surface area contributed by atoms with Gasteiger partial charge in [-0.25, -0.2) is 9.67 Å². The van der Waals surface area contributed by atoms with Crippen molar-refractivity contribution in [3.05, 3.63) is 10.7 Å². The summed E-state index contributed by atoms with van der Waals surface area (Å²) in [6, 6.07) is 0. The Morgan fingerprint density at radius 1 is 1.50 bits per heavy atom. The van der Waals surface area contributed by atoms with Crippen molar-refractivity contribution in [2.24, 2.45) is 5.92 Å². The van der Waals surface area contributed by atoms with Crippen LogP contribution in [0.2, 0.25) is 0 Å². The van der Waals surface area contributed by atoms with E-state index in [2.05, 4.69) is 20.5 Å². The molecular formula is C10H13N5O2S. The molecule has 0 aliphatic rings. The van der Waals surface area contributed by atoms with Crippen molar-refractivity contribution in [1.82, 2.24) is 25.2 Å². The van der Waals surface area contributed by atoms with E-state index in [1.807, 2.05) is 13.8 Å². The second-order valence-electron chi connectivity index (χ2n) is 4.07. The summed E-state index contributed by atoms with van der Waals surface area (Å²) in [5.74, 6) is -0.832. The normalized spacial score (nSPS) is 12.6. The van der Waals surface area contributed by atoms with Crippen molar-refractivity contribution in [2.75, 3.05) is 0 Å². The highest BCUT2D eigenvalue weighted by Crippen LogP contribution is 2.27. The van der Waals surface area contributed by atoms with Crippen LogP contribution in [0.25, 0.3) is 10.7 Å². The van der Waals surface area contributed by atoms with Crippen LogP contribution in [0.3, 0.4) is 0 Å². The first-order chi connectivity index (χ1) is 8.49. The molecule has 96 valence electrons. The van der Waals surface area contributed by atoms with Crippen LogP contribution in [0.1, 0.15) is 17.6 Å². The molecular weight excluding hydrogens is 254 g/mol. The second kappa shape index (κ2) is 4.81. The van der Waals surface area contributed by atoms with E-state index in [0.717, 1.165) is 15.6 Å². The van der Waals surface area contributed by atoms with Crippen LogP contribution < -0.4 is 0 Å². The van der Waals surface area contributed by atoms with Crippen molar-refractivity contribution in [1.29, 1.82) is 0 Å². The monoisotopic (exact) mass is 267 g/mol. The molecule has 1 unspecified atom stereocenters. The van der Waals surface area contributed by atoms with E-state index in [-0.39, 0.29) is 6.54 Å². The van der Waals surface area contributed by atoms with Gasteiger partial charge >= 0.3 is 5.97 Å². The van der Waals surface area contributed by atoms with Crippen LogP contribution in [0.5, 0.6) is 0 Å². The number of tetrazole rings is 1. The lowest BCUT2D eigenvalue weighted by Crippen LogP contribution is -2.18. The number of carbonyl (C=O) groups is 1. The average molecular weight is 267 g/mol. The zero-order valence-corrected chi connectivity index (χ0v) is 11.1. The van der Waals surface area contributed by atoms with Gasteiger partial charge in [0, 0.05) is 0 Å². The van der Waals surface area contributed by atoms with Gasteiger partial charge in [0.05, 0.1) is 28.0 Å². The Balaban J connectivity index is 2.33. The summed E-state index contributed by atoms with van der Waals surface area (Å²) in [6.07, 6.45) is 0. The van der Waals surface area contributed by atoms with E-state index in [0.29, 0.717) is 5.82 Å². The van der Waals surface area contributed by atoms with Crippen LogP contribution >= 0.6 is 11.3 Å². The van der Waals surface area contributed by atoms with E-state index < -0.39 is 11.9 Å². The summed E-state index contributed by atoms with van der Waals surface area (Å²) < 4.78 is 1.51. The molecule has 1 atom stereocenters. The minimum Gasteiger partial charge on any atom is -0.481 e. The summed E-state index contributed by atoms with van der Waals surface area (Å²) >= 11 is 1.50. The Morgan fingerprint density at radius 3 is 2.78 bits per heavy atom. The zero-order chi connectivity index (χ0) is 13.3. The Labute approximate surface area is 107 Å². The maximum Gasteiger partial charge on any atom is 0.308 e. The third kappa shape index (κ3) is 2.37. The number of aryl methyl sites for hydroxylation is 2. The predicted molar refractivity (Wildman–Crippen MR) is 65.2 cm³/mol. The molecule has 0 aromatic carbocycles. The number of nitrogens with zero attached hydrogens (tertiary/aromatic N) is 5. The quantitative estimate of drug-likeness (QED) is 0.892. The molecule has 1 N–H and O–H groups in total. The number of carboxylic acid groups (broad SMARTS) is 1. The summed E-state index contributed by atoms with van der Waals surface area (Å²) in [7, 11) is 0. The largest absolute Gasteiger partial charge is 0.481 e. The molecule has 7 nitrogen and oxygen atoms in total. The minimum absolute atomic E-state index is 0.244. The highest BCUT2D eigenvalue weighted by atomic mass is 32.1. The lowest BCUT2D eigenvalue weighted by atomic mass is 10.2. The number of thiazole rings is 1. The highest BCUT2D eigenvalue weighted by molar-refractivity contribution is 7.15. The average Bonchev–Trinajstić information content (AvgIpc) is 2.85. The Hall–Kier alpha value is -1.83. The molecule has 0 aliphatic carbocycles. The van der Waals surface area contributed by atoms with Crippen molar-refractivity contribution < 1.29 is 9.90 Å². The molecule has 0 saturated carbocycles. The van der Waals surface area contributed by atoms with Crippen LogP contribution in [0, 0.1) is 19.8 Å². The van der Waals surface area contributed by atoms with Gasteiger partial charge in [0.2, 0.25) is 0 Å². The maximum atomic E-state index is 10.9. The minimum atomic E-state index is -0.867. The topological polar surface area (TPSA) is 93.8 Å². The molecule has 0 amide bonds. The standard InChI is InChI=1S/C10H13N5O2S/c1-5(10(16)17)4-15-9(12-13-14-15)8-6(2)11-7(3)18-8/h5H,4H2,1-3H3,(H,16,17). The fourth-order valence-corrected chi connectivity index (χ4v) is 2.48. The van der Waals surface area contributed by atoms with E-state index in [4.69, 9.17) is 5.11 Å². The molecule has 2 heterocycles. The molecule has 2 aromatic heterocycles. The van der Waals surface area contributed by atoms with Gasteiger partial charge in [-0.2, -0.15) is 0 Å². The zero-order valence-electron chi connectivity index (χ0n) is 10.3. The Bertz CT molecular complexity index is 577. The summed E-state index contributed by atoms with van der Waals surface area (Å²) in [6.45, 7) is 5.67. The molecule has 0 saturated heterocycles. The number of aliphatic carboxylic acids is 1. The fourth-order valence-electron chi connectivity index (χ4n) is 1.57. The van der Waals surface area contributed by atoms with Gasteiger partial charge in [0.15, 0.2) is 5.82 Å². The lowest BCUT2D eigenvalue weighted by Gasteiger charge is -2.06. The van der Waals surface area contributed by atoms with E-state index in [1.165, 1.54) is 16.0 Å². The smallest absolute Gasteiger partial charge is 0.308 e. The molecule has 8 heteroatoms. The fraction of sp³-hybridized carbons (Fsp3) is 0.500. The van der Waals surface area contributed by atoms with Crippen molar-refractivity contribution in [3.8, 4) is 10.7 Å². The number of hydrogen-bond acceptors (Lipinski definition) is 6. The van der Waals surface area contributed by atoms with E-state index in [9.17, 15) is 4.79 Å². The maximum absolute atomic E-state index is 10.9. The van der Waals surface area contributed by atoms with E-state index in [1.54, 1.807) is 6.92 Å². The highest BCUT2D eigenvalue weighted by Gasteiger charge is 2.19. The number of rotatable bonds is 4. The van der Waals surface area contributed by atoms with E-state index >= 15 is 0 Å². The molecule has 0 spiro atoms. The van der Waals surface area contributed by atoms with Crippen LogP contribution in [-0.4, -0.2) is 36.3 Å². The van der Waals surface area contributed by atoms with Gasteiger partial charge in [0.1, 0.15) is 0 Å². The lowest BCUT2D eigenvalue weighted by molar-refractivity contribution is -0.141. The van der Waals surface area contributed by atoms with Crippen molar-refractivity contribution >= 4 is 17.3 Å². The molecule has 2 rings (SSSR count). The Kier molecular flexibility index (Phi) is 3.37. The van der Waals surface area contributed by atoms with Crippen LogP contribution in [-0.2, 0) is 11.3 Å². The predicted octanol–water partition coefficient (Wildman–Crippen LogP) is 1.13. The first-order valence-electron chi connectivity index (χ1n) is 5.42. The van der Waals surface area contributed by atoms with Crippen LogP contribution in [0.4, 0.5) is 0 Å². The molecule has 0 aliphatic heterocycles. The molecule has 0 bridgehead atoms. The molecule has 18 heavy (non-hydrogen) atoms. The van der Waals surface area contributed by atoms with Gasteiger partial charge in [-0.15, -0.1) is 16.4 Å². The Morgan fingerprint density at radius 2 is 2.22 bits per heavy atom. The van der Waals surface area contributed by atoms with Gasteiger partial charge in [0.25, 0.3) is 0 Å². The summed E-state index contributed by atoms with van der Waals surface area (Å²) in [4.78, 5) is 16.1. The summed E-state index contributed by atoms with van der Waals surface area (Å²) in [5.41, 5.74) is 0.858. The molecule has 2 aromatic rings. The van der Waals surface area contributed by atoms with Gasteiger partial charge in [-0.3, -0.25) is 4.79 Å². The number of hydrogen-bond donors (Lipinski definition) is 1. The summed E-state index contributed by atoms with van der Waals surface area (Å²) in [5, 5.41) is 21.2. The first kappa shape index (κ1) is 12.6.